The van der Waals surface area contributed by atoms with E-state index in [2.05, 4.69) is 51.7 Å². The maximum absolute atomic E-state index is 12.5. The van der Waals surface area contributed by atoms with E-state index in [1.165, 1.54) is 11.1 Å². The summed E-state index contributed by atoms with van der Waals surface area (Å²) < 4.78 is 2.34. The average molecular weight is 376 g/mol. The van der Waals surface area contributed by atoms with Gasteiger partial charge in [-0.1, -0.05) is 42.5 Å². The van der Waals surface area contributed by atoms with Gasteiger partial charge in [-0.2, -0.15) is 0 Å². The van der Waals surface area contributed by atoms with Crippen LogP contribution < -0.4 is 0 Å². The molecular formula is C24H29N3O. The van der Waals surface area contributed by atoms with Crippen LogP contribution >= 0.6 is 0 Å². The molecule has 146 valence electrons. The highest BCUT2D eigenvalue weighted by Crippen LogP contribution is 2.24. The van der Waals surface area contributed by atoms with Crippen molar-refractivity contribution in [1.82, 2.24) is 14.5 Å². The summed E-state index contributed by atoms with van der Waals surface area (Å²) in [6, 6.07) is 18.7. The van der Waals surface area contributed by atoms with Crippen molar-refractivity contribution in [2.45, 2.75) is 45.6 Å². The van der Waals surface area contributed by atoms with Gasteiger partial charge in [0.25, 0.3) is 0 Å². The van der Waals surface area contributed by atoms with Crippen LogP contribution in [0.15, 0.2) is 54.6 Å². The number of amides is 1. The fraction of sp³-hybridized carbons (Fsp3) is 0.417. The van der Waals surface area contributed by atoms with E-state index in [4.69, 9.17) is 0 Å². The Labute approximate surface area is 167 Å². The number of carbonyl (C=O) groups excluding carboxylic acids is 1. The lowest BCUT2D eigenvalue weighted by atomic mass is 9.93. The minimum Gasteiger partial charge on any atom is -0.343 e. The zero-order valence-corrected chi connectivity index (χ0v) is 16.7. The highest BCUT2D eigenvalue weighted by molar-refractivity contribution is 5.76. The molecule has 1 fully saturated rings. The Balaban J connectivity index is 1.25. The lowest BCUT2D eigenvalue weighted by Gasteiger charge is -2.32. The van der Waals surface area contributed by atoms with Crippen LogP contribution in [0.1, 0.15) is 37.1 Å². The average Bonchev–Trinajstić information content (AvgIpc) is 3.06. The first kappa shape index (κ1) is 18.7. The number of rotatable bonds is 6. The second-order valence-corrected chi connectivity index (χ2v) is 7.90. The van der Waals surface area contributed by atoms with Gasteiger partial charge in [0.05, 0.1) is 11.0 Å². The molecule has 0 N–H and O–H groups in total. The second kappa shape index (κ2) is 8.59. The molecule has 1 aliphatic rings. The largest absolute Gasteiger partial charge is 0.343 e. The smallest absolute Gasteiger partial charge is 0.222 e. The first-order valence-corrected chi connectivity index (χ1v) is 10.4. The van der Waals surface area contributed by atoms with Gasteiger partial charge in [-0.15, -0.1) is 0 Å². The number of hydrogen-bond donors (Lipinski definition) is 0. The Hall–Kier alpha value is -2.62. The first-order chi connectivity index (χ1) is 13.7. The molecule has 1 aliphatic heterocycles. The van der Waals surface area contributed by atoms with Crippen molar-refractivity contribution in [3.63, 3.8) is 0 Å². The normalized spacial score (nSPS) is 15.2. The minimum atomic E-state index is 0.304. The van der Waals surface area contributed by atoms with Crippen LogP contribution in [0.2, 0.25) is 0 Å². The number of benzene rings is 2. The van der Waals surface area contributed by atoms with Crippen LogP contribution in [0.25, 0.3) is 11.0 Å². The molecule has 4 heteroatoms. The van der Waals surface area contributed by atoms with Gasteiger partial charge >= 0.3 is 0 Å². The lowest BCUT2D eigenvalue weighted by molar-refractivity contribution is -0.132. The molecule has 1 aromatic heterocycles. The number of imidazole rings is 1. The predicted molar refractivity (Wildman–Crippen MR) is 113 cm³/mol. The highest BCUT2D eigenvalue weighted by Gasteiger charge is 2.22. The summed E-state index contributed by atoms with van der Waals surface area (Å²) in [4.78, 5) is 19.3. The van der Waals surface area contributed by atoms with E-state index >= 15 is 0 Å². The molecule has 1 amide bonds. The number of carbonyl (C=O) groups is 1. The maximum Gasteiger partial charge on any atom is 0.222 e. The summed E-state index contributed by atoms with van der Waals surface area (Å²) in [5.41, 5.74) is 3.56. The molecular weight excluding hydrogens is 346 g/mol. The molecule has 0 unspecified atom stereocenters. The number of para-hydroxylation sites is 2. The third-order valence-corrected chi connectivity index (χ3v) is 6.04. The number of aryl methyl sites for hydroxylation is 3. The molecule has 1 saturated heterocycles. The Morgan fingerprint density at radius 3 is 2.54 bits per heavy atom. The summed E-state index contributed by atoms with van der Waals surface area (Å²) in [6.07, 6.45) is 4.85. The van der Waals surface area contributed by atoms with E-state index in [-0.39, 0.29) is 0 Å². The summed E-state index contributed by atoms with van der Waals surface area (Å²) in [7, 11) is 0. The number of likely N-dealkylation sites (tertiary alicyclic amines) is 1. The van der Waals surface area contributed by atoms with Crippen LogP contribution in [0, 0.1) is 12.8 Å². The van der Waals surface area contributed by atoms with Crippen LogP contribution in [0.4, 0.5) is 0 Å². The Morgan fingerprint density at radius 2 is 1.75 bits per heavy atom. The van der Waals surface area contributed by atoms with Crippen molar-refractivity contribution in [1.29, 1.82) is 0 Å². The van der Waals surface area contributed by atoms with E-state index in [1.807, 2.05) is 24.3 Å². The van der Waals surface area contributed by atoms with Gasteiger partial charge in [-0.3, -0.25) is 4.79 Å². The van der Waals surface area contributed by atoms with Crippen molar-refractivity contribution in [3.8, 4) is 0 Å². The monoisotopic (exact) mass is 375 g/mol. The summed E-state index contributed by atoms with van der Waals surface area (Å²) >= 11 is 0. The van der Waals surface area contributed by atoms with Gasteiger partial charge in [0.1, 0.15) is 5.82 Å². The third-order valence-electron chi connectivity index (χ3n) is 6.04. The molecule has 4 nitrogen and oxygen atoms in total. The Morgan fingerprint density at radius 1 is 1.04 bits per heavy atom. The fourth-order valence-corrected chi connectivity index (χ4v) is 4.31. The SMILES string of the molecule is Cc1nc2ccccc2n1CCC1CCN(C(=O)CCc2ccccc2)CC1. The molecule has 0 aliphatic carbocycles. The lowest BCUT2D eigenvalue weighted by Crippen LogP contribution is -2.38. The molecule has 0 bridgehead atoms. The van der Waals surface area contributed by atoms with E-state index in [0.717, 1.165) is 56.7 Å². The molecule has 28 heavy (non-hydrogen) atoms. The second-order valence-electron chi connectivity index (χ2n) is 7.90. The van der Waals surface area contributed by atoms with Gasteiger partial charge in [0.2, 0.25) is 5.91 Å². The molecule has 3 aromatic rings. The number of hydrogen-bond acceptors (Lipinski definition) is 2. The standard InChI is InChI=1S/C24H29N3O/c1-19-25-22-9-5-6-10-23(22)27(19)18-15-21-13-16-26(17-14-21)24(28)12-11-20-7-3-2-4-8-20/h2-10,21H,11-18H2,1H3. The maximum atomic E-state index is 12.5. The zero-order valence-electron chi connectivity index (χ0n) is 16.7. The van der Waals surface area contributed by atoms with Crippen LogP contribution in [0.5, 0.6) is 0 Å². The van der Waals surface area contributed by atoms with E-state index < -0.39 is 0 Å². The third kappa shape index (κ3) is 4.27. The fourth-order valence-electron chi connectivity index (χ4n) is 4.31. The summed E-state index contributed by atoms with van der Waals surface area (Å²) in [6.45, 7) is 4.91. The van der Waals surface area contributed by atoms with Crippen molar-refractivity contribution < 1.29 is 4.79 Å². The van der Waals surface area contributed by atoms with Crippen molar-refractivity contribution in [2.24, 2.45) is 5.92 Å². The van der Waals surface area contributed by atoms with Crippen molar-refractivity contribution in [2.75, 3.05) is 13.1 Å². The van der Waals surface area contributed by atoms with E-state index in [9.17, 15) is 4.79 Å². The van der Waals surface area contributed by atoms with Gasteiger partial charge in [0.15, 0.2) is 0 Å². The quantitative estimate of drug-likeness (QED) is 0.631. The van der Waals surface area contributed by atoms with Crippen LogP contribution in [0.3, 0.4) is 0 Å². The van der Waals surface area contributed by atoms with Gasteiger partial charge in [0, 0.05) is 26.1 Å². The molecule has 2 aromatic carbocycles. The van der Waals surface area contributed by atoms with Gasteiger partial charge in [-0.05, 0) is 56.2 Å². The predicted octanol–water partition coefficient (Wildman–Crippen LogP) is 4.61. The van der Waals surface area contributed by atoms with Gasteiger partial charge in [-0.25, -0.2) is 4.98 Å². The van der Waals surface area contributed by atoms with Crippen molar-refractivity contribution >= 4 is 16.9 Å². The molecule has 2 heterocycles. The number of nitrogens with zero attached hydrogens (tertiary/aromatic N) is 3. The molecule has 0 radical (unpaired) electrons. The molecule has 0 spiro atoms. The molecule has 0 atom stereocenters. The van der Waals surface area contributed by atoms with E-state index in [1.54, 1.807) is 0 Å². The van der Waals surface area contributed by atoms with Crippen LogP contribution in [-0.2, 0) is 17.8 Å². The number of fused-ring (bicyclic) bond motifs is 1. The first-order valence-electron chi connectivity index (χ1n) is 10.4. The van der Waals surface area contributed by atoms with E-state index in [0.29, 0.717) is 18.2 Å². The molecule has 0 saturated carbocycles. The highest BCUT2D eigenvalue weighted by atomic mass is 16.2. The van der Waals surface area contributed by atoms with Crippen molar-refractivity contribution in [3.05, 3.63) is 66.0 Å². The Bertz CT molecular complexity index is 923. The number of aromatic nitrogens is 2. The minimum absolute atomic E-state index is 0.304. The Kier molecular flexibility index (Phi) is 5.75. The zero-order chi connectivity index (χ0) is 19.3. The number of piperidine rings is 1. The van der Waals surface area contributed by atoms with Crippen LogP contribution in [-0.4, -0.2) is 33.4 Å². The summed E-state index contributed by atoms with van der Waals surface area (Å²) in [5.74, 6) is 2.09. The molecule has 4 rings (SSSR count). The summed E-state index contributed by atoms with van der Waals surface area (Å²) in [5, 5.41) is 0. The van der Waals surface area contributed by atoms with Gasteiger partial charge < -0.3 is 9.47 Å². The topological polar surface area (TPSA) is 38.1 Å².